The van der Waals surface area contributed by atoms with Gasteiger partial charge in [0.15, 0.2) is 0 Å². The van der Waals surface area contributed by atoms with Gasteiger partial charge in [0.2, 0.25) is 0 Å². The molecule has 190 valence electrons. The van der Waals surface area contributed by atoms with Gasteiger partial charge >= 0.3 is 12.4 Å². The van der Waals surface area contributed by atoms with Crippen LogP contribution in [-0.4, -0.2) is 20.6 Å². The average Bonchev–Trinajstić information content (AvgIpc) is 3.41. The minimum atomic E-state index is -5.09. The van der Waals surface area contributed by atoms with Gasteiger partial charge in [0.05, 0.1) is 27.3 Å². The fourth-order valence-corrected chi connectivity index (χ4v) is 5.41. The van der Waals surface area contributed by atoms with Gasteiger partial charge < -0.3 is 4.90 Å². The first-order valence-electron chi connectivity index (χ1n) is 10.8. The van der Waals surface area contributed by atoms with Crippen LogP contribution < -0.4 is 10.5 Å². The van der Waals surface area contributed by atoms with Gasteiger partial charge in [-0.3, -0.25) is 9.36 Å². The van der Waals surface area contributed by atoms with Crippen molar-refractivity contribution in [2.45, 2.75) is 43.7 Å². The predicted molar refractivity (Wildman–Crippen MR) is 120 cm³/mol. The SMILES string of the molecule is O=c1ccnc([C@@H]2[C@H]3CC[C@H](C3)N2c2cc(C(F)(F)F)cc(C(F)(F)F)n2)n1-c1ccc(Cl)c(Cl)c1. The number of anilines is 1. The van der Waals surface area contributed by atoms with E-state index in [1.807, 2.05) is 0 Å². The summed E-state index contributed by atoms with van der Waals surface area (Å²) >= 11 is 12.1. The molecule has 0 spiro atoms. The third-order valence-corrected chi connectivity index (χ3v) is 7.32. The number of nitrogens with zero attached hydrogens (tertiary/aromatic N) is 4. The zero-order valence-corrected chi connectivity index (χ0v) is 19.6. The molecule has 0 N–H and O–H groups in total. The van der Waals surface area contributed by atoms with Crippen LogP contribution in [0.25, 0.3) is 5.69 Å². The van der Waals surface area contributed by atoms with Crippen LogP contribution in [0.5, 0.6) is 0 Å². The molecule has 3 aromatic rings. The van der Waals surface area contributed by atoms with Crippen LogP contribution in [0.2, 0.25) is 10.0 Å². The van der Waals surface area contributed by atoms with Gasteiger partial charge in [-0.1, -0.05) is 23.2 Å². The molecule has 5 nitrogen and oxygen atoms in total. The maximum Gasteiger partial charge on any atom is 0.433 e. The molecule has 2 aliphatic rings. The predicted octanol–water partition coefficient (Wildman–Crippen LogP) is 6.70. The van der Waals surface area contributed by atoms with Crippen molar-refractivity contribution in [1.29, 1.82) is 0 Å². The topological polar surface area (TPSA) is 51.0 Å². The number of hydrogen-bond donors (Lipinski definition) is 0. The van der Waals surface area contributed by atoms with Gasteiger partial charge in [-0.2, -0.15) is 26.3 Å². The zero-order chi connectivity index (χ0) is 26.0. The summed E-state index contributed by atoms with van der Waals surface area (Å²) in [6, 6.07) is 5.12. The fourth-order valence-electron chi connectivity index (χ4n) is 5.12. The smallest absolute Gasteiger partial charge is 0.343 e. The lowest BCUT2D eigenvalue weighted by Gasteiger charge is -2.37. The molecular weight excluding hydrogens is 533 g/mol. The van der Waals surface area contributed by atoms with E-state index in [0.717, 1.165) is 0 Å². The monoisotopic (exact) mass is 548 g/mol. The number of piperidine rings is 1. The highest BCUT2D eigenvalue weighted by molar-refractivity contribution is 6.42. The van der Waals surface area contributed by atoms with E-state index in [1.54, 1.807) is 0 Å². The molecule has 1 aliphatic heterocycles. The molecule has 2 aromatic heterocycles. The molecule has 5 rings (SSSR count). The second-order valence-corrected chi connectivity index (χ2v) is 9.56. The van der Waals surface area contributed by atoms with Gasteiger partial charge in [-0.05, 0) is 55.5 Å². The maximum absolute atomic E-state index is 13.5. The number of benzene rings is 1. The molecule has 2 fully saturated rings. The number of pyridine rings is 1. The van der Waals surface area contributed by atoms with E-state index in [9.17, 15) is 31.1 Å². The van der Waals surface area contributed by atoms with Crippen molar-refractivity contribution in [2.24, 2.45) is 5.92 Å². The Hall–Kier alpha value is -2.79. The first-order chi connectivity index (χ1) is 16.8. The zero-order valence-electron chi connectivity index (χ0n) is 18.1. The first kappa shape index (κ1) is 24.9. The standard InChI is InChI=1S/C23H16Cl2F6N4O/c24-15-4-3-14(10-16(15)25)35-19(36)5-6-32-21(35)20-11-1-2-13(7-11)34(20)18-9-12(22(26,27)28)8-17(33-18)23(29,30)31/h3-6,8-11,13,20H,1-2,7H2/t11-,13+,20-/m0/s1. The summed E-state index contributed by atoms with van der Waals surface area (Å²) in [7, 11) is 0. The Balaban J connectivity index is 1.70. The minimum absolute atomic E-state index is 0.000756. The molecule has 0 amide bonds. The van der Waals surface area contributed by atoms with Gasteiger partial charge in [0.25, 0.3) is 5.56 Å². The lowest BCUT2D eigenvalue weighted by molar-refractivity contribution is -0.145. The average molecular weight is 549 g/mol. The summed E-state index contributed by atoms with van der Waals surface area (Å²) in [5.41, 5.74) is -3.27. The van der Waals surface area contributed by atoms with E-state index in [4.69, 9.17) is 23.2 Å². The fraction of sp³-hybridized carbons (Fsp3) is 0.348. The van der Waals surface area contributed by atoms with E-state index in [1.165, 1.54) is 39.9 Å². The number of rotatable bonds is 3. The minimum Gasteiger partial charge on any atom is -0.343 e. The lowest BCUT2D eigenvalue weighted by Crippen LogP contribution is -2.39. The highest BCUT2D eigenvalue weighted by Gasteiger charge is 2.50. The molecule has 1 saturated heterocycles. The summed E-state index contributed by atoms with van der Waals surface area (Å²) in [6.07, 6.45) is -7.10. The number of halogens is 8. The van der Waals surface area contributed by atoms with Crippen LogP contribution in [0, 0.1) is 5.92 Å². The number of aromatic nitrogens is 3. The second-order valence-electron chi connectivity index (χ2n) is 8.75. The quantitative estimate of drug-likeness (QED) is 0.342. The third kappa shape index (κ3) is 4.32. The van der Waals surface area contributed by atoms with E-state index in [2.05, 4.69) is 9.97 Å². The van der Waals surface area contributed by atoms with Crippen molar-refractivity contribution >= 4 is 29.0 Å². The number of fused-ring (bicyclic) bond motifs is 2. The Bertz CT molecular complexity index is 1360. The molecule has 0 radical (unpaired) electrons. The van der Waals surface area contributed by atoms with E-state index < -0.39 is 41.0 Å². The number of hydrogen-bond acceptors (Lipinski definition) is 4. The number of alkyl halides is 6. The molecule has 13 heteroatoms. The summed E-state index contributed by atoms with van der Waals surface area (Å²) in [4.78, 5) is 22.3. The largest absolute Gasteiger partial charge is 0.433 e. The van der Waals surface area contributed by atoms with Gasteiger partial charge in [0, 0.05) is 18.3 Å². The van der Waals surface area contributed by atoms with Crippen molar-refractivity contribution in [1.82, 2.24) is 14.5 Å². The highest BCUT2D eigenvalue weighted by Crippen LogP contribution is 2.52. The van der Waals surface area contributed by atoms with Crippen molar-refractivity contribution in [3.63, 3.8) is 0 Å². The Morgan fingerprint density at radius 2 is 1.67 bits per heavy atom. The summed E-state index contributed by atoms with van der Waals surface area (Å²) < 4.78 is 82.4. The van der Waals surface area contributed by atoms with Crippen LogP contribution in [-0.2, 0) is 12.4 Å². The Kier molecular flexibility index (Phi) is 5.98. The first-order valence-corrected chi connectivity index (χ1v) is 11.6. The van der Waals surface area contributed by atoms with Crippen LogP contribution in [0.4, 0.5) is 32.2 Å². The van der Waals surface area contributed by atoms with Gasteiger partial charge in [0.1, 0.15) is 17.3 Å². The van der Waals surface area contributed by atoms with E-state index in [0.29, 0.717) is 31.0 Å². The molecular formula is C23H16Cl2F6N4O. The Morgan fingerprint density at radius 3 is 2.33 bits per heavy atom. The molecule has 1 saturated carbocycles. The van der Waals surface area contributed by atoms with Crippen molar-refractivity contribution in [3.8, 4) is 5.69 Å². The second kappa shape index (κ2) is 8.65. The summed E-state index contributed by atoms with van der Waals surface area (Å²) in [6.45, 7) is 0. The molecule has 3 heterocycles. The van der Waals surface area contributed by atoms with Crippen LogP contribution in [0.1, 0.15) is 42.4 Å². The molecule has 36 heavy (non-hydrogen) atoms. The molecule has 0 unspecified atom stereocenters. The van der Waals surface area contributed by atoms with Gasteiger partial charge in [-0.15, -0.1) is 0 Å². The lowest BCUT2D eigenvalue weighted by atomic mass is 9.97. The third-order valence-electron chi connectivity index (χ3n) is 6.58. The van der Waals surface area contributed by atoms with Crippen LogP contribution in [0.15, 0.2) is 47.4 Å². The molecule has 2 bridgehead atoms. The van der Waals surface area contributed by atoms with Crippen molar-refractivity contribution in [2.75, 3.05) is 4.90 Å². The summed E-state index contributed by atoms with van der Waals surface area (Å²) in [5, 5.41) is 0.406. The normalized spacial score (nSPS) is 21.9. The molecule has 1 aliphatic carbocycles. The van der Waals surface area contributed by atoms with Crippen molar-refractivity contribution in [3.05, 3.63) is 80.1 Å². The van der Waals surface area contributed by atoms with Gasteiger partial charge in [-0.25, -0.2) is 9.97 Å². The molecule has 3 atom stereocenters. The molecule has 1 aromatic carbocycles. The Morgan fingerprint density at radius 1 is 0.917 bits per heavy atom. The highest BCUT2D eigenvalue weighted by atomic mass is 35.5. The Labute approximate surface area is 210 Å². The van der Waals surface area contributed by atoms with E-state index >= 15 is 0 Å². The van der Waals surface area contributed by atoms with E-state index in [-0.39, 0.29) is 33.9 Å². The van der Waals surface area contributed by atoms with Crippen LogP contribution in [0.3, 0.4) is 0 Å². The van der Waals surface area contributed by atoms with Crippen LogP contribution >= 0.6 is 23.2 Å². The van der Waals surface area contributed by atoms with Crippen molar-refractivity contribution < 1.29 is 26.3 Å². The maximum atomic E-state index is 13.5. The summed E-state index contributed by atoms with van der Waals surface area (Å²) in [5.74, 6) is -0.460.